The molecule has 21 heavy (non-hydrogen) atoms. The lowest BCUT2D eigenvalue weighted by molar-refractivity contribution is 1.20. The molecule has 1 aromatic carbocycles. The highest BCUT2D eigenvalue weighted by molar-refractivity contribution is 5.74. The van der Waals surface area contributed by atoms with Crippen molar-refractivity contribution in [2.75, 3.05) is 0 Å². The Hall–Kier alpha value is -2.48. The molecule has 2 heterocycles. The van der Waals surface area contributed by atoms with Crippen LogP contribution in [-0.2, 0) is 0 Å². The van der Waals surface area contributed by atoms with Crippen molar-refractivity contribution in [3.05, 3.63) is 71.8 Å². The van der Waals surface area contributed by atoms with Crippen molar-refractivity contribution in [3.63, 3.8) is 0 Å². The summed E-state index contributed by atoms with van der Waals surface area (Å²) in [6.07, 6.45) is 5.70. The van der Waals surface area contributed by atoms with Crippen LogP contribution in [0.3, 0.4) is 0 Å². The van der Waals surface area contributed by atoms with Gasteiger partial charge in [-0.25, -0.2) is 0 Å². The van der Waals surface area contributed by atoms with Gasteiger partial charge in [-0.05, 0) is 55.2 Å². The van der Waals surface area contributed by atoms with E-state index in [-0.39, 0.29) is 0 Å². The highest BCUT2D eigenvalue weighted by Crippen LogP contribution is 2.29. The maximum Gasteiger partial charge on any atom is 0.0373 e. The predicted molar refractivity (Wildman–Crippen MR) is 87.1 cm³/mol. The third-order valence-corrected chi connectivity index (χ3v) is 3.80. The Morgan fingerprint density at radius 1 is 0.714 bits per heavy atom. The summed E-state index contributed by atoms with van der Waals surface area (Å²) < 4.78 is 0. The molecule has 0 aliphatic rings. The van der Waals surface area contributed by atoms with Crippen molar-refractivity contribution in [1.29, 1.82) is 0 Å². The van der Waals surface area contributed by atoms with Crippen LogP contribution in [-0.4, -0.2) is 9.97 Å². The van der Waals surface area contributed by atoms with Crippen molar-refractivity contribution in [1.82, 2.24) is 9.97 Å². The van der Waals surface area contributed by atoms with Crippen LogP contribution in [0, 0.1) is 20.8 Å². The van der Waals surface area contributed by atoms with E-state index in [1.165, 1.54) is 27.8 Å². The first-order valence-electron chi connectivity index (χ1n) is 7.10. The second-order valence-electron chi connectivity index (χ2n) is 5.41. The zero-order chi connectivity index (χ0) is 14.8. The van der Waals surface area contributed by atoms with Crippen LogP contribution in [0.1, 0.15) is 16.8 Å². The summed E-state index contributed by atoms with van der Waals surface area (Å²) in [5.41, 5.74) is 8.33. The smallest absolute Gasteiger partial charge is 0.0373 e. The van der Waals surface area contributed by atoms with Gasteiger partial charge in [0, 0.05) is 35.4 Å². The average Bonchev–Trinajstić information content (AvgIpc) is 2.49. The van der Waals surface area contributed by atoms with E-state index in [9.17, 15) is 0 Å². The number of hydrogen-bond donors (Lipinski definition) is 0. The maximum absolute atomic E-state index is 4.37. The minimum Gasteiger partial charge on any atom is -0.264 e. The molecule has 0 saturated carbocycles. The number of nitrogens with zero attached hydrogens (tertiary/aromatic N) is 2. The van der Waals surface area contributed by atoms with Gasteiger partial charge >= 0.3 is 0 Å². The molecule has 0 spiro atoms. The van der Waals surface area contributed by atoms with Gasteiger partial charge < -0.3 is 0 Å². The monoisotopic (exact) mass is 274 g/mol. The van der Waals surface area contributed by atoms with Crippen LogP contribution in [0.2, 0.25) is 0 Å². The van der Waals surface area contributed by atoms with E-state index in [4.69, 9.17) is 0 Å². The number of benzene rings is 1. The molecule has 3 rings (SSSR count). The number of rotatable bonds is 2. The lowest BCUT2D eigenvalue weighted by Crippen LogP contribution is -1.90. The highest BCUT2D eigenvalue weighted by Gasteiger charge is 2.07. The minimum absolute atomic E-state index is 1.04. The lowest BCUT2D eigenvalue weighted by Gasteiger charge is -2.11. The van der Waals surface area contributed by atoms with E-state index in [2.05, 4.69) is 48.1 Å². The van der Waals surface area contributed by atoms with Gasteiger partial charge in [-0.1, -0.05) is 24.3 Å². The van der Waals surface area contributed by atoms with Crippen LogP contribution >= 0.6 is 0 Å². The fourth-order valence-corrected chi connectivity index (χ4v) is 2.53. The molecule has 0 bridgehead atoms. The molecule has 0 radical (unpaired) electrons. The first-order chi connectivity index (χ1) is 10.1. The standard InChI is InChI=1S/C19H18N2/c1-13-8-9-20-12-19(13)18-7-6-16(10-14(18)2)17-5-4-15(3)21-11-17/h4-12H,1-3H3. The fraction of sp³-hybridized carbons (Fsp3) is 0.158. The van der Waals surface area contributed by atoms with Crippen LogP contribution in [0.25, 0.3) is 22.3 Å². The van der Waals surface area contributed by atoms with Gasteiger partial charge in [0.2, 0.25) is 0 Å². The molecular weight excluding hydrogens is 256 g/mol. The van der Waals surface area contributed by atoms with E-state index in [0.717, 1.165) is 11.3 Å². The first kappa shape index (κ1) is 13.5. The van der Waals surface area contributed by atoms with E-state index >= 15 is 0 Å². The molecule has 0 fully saturated rings. The summed E-state index contributed by atoms with van der Waals surface area (Å²) in [6, 6.07) is 12.8. The molecule has 0 N–H and O–H groups in total. The number of aromatic nitrogens is 2. The first-order valence-corrected chi connectivity index (χ1v) is 7.10. The van der Waals surface area contributed by atoms with Crippen LogP contribution in [0.15, 0.2) is 55.0 Å². The van der Waals surface area contributed by atoms with Crippen molar-refractivity contribution >= 4 is 0 Å². The topological polar surface area (TPSA) is 25.8 Å². The number of pyridine rings is 2. The van der Waals surface area contributed by atoms with Crippen LogP contribution in [0.5, 0.6) is 0 Å². The predicted octanol–water partition coefficient (Wildman–Crippen LogP) is 4.74. The summed E-state index contributed by atoms with van der Waals surface area (Å²) in [4.78, 5) is 8.61. The van der Waals surface area contributed by atoms with Crippen molar-refractivity contribution in [2.24, 2.45) is 0 Å². The Morgan fingerprint density at radius 3 is 2.19 bits per heavy atom. The summed E-state index contributed by atoms with van der Waals surface area (Å²) >= 11 is 0. The lowest BCUT2D eigenvalue weighted by atomic mass is 9.95. The zero-order valence-electron chi connectivity index (χ0n) is 12.6. The molecule has 2 aromatic heterocycles. The molecule has 0 atom stereocenters. The van der Waals surface area contributed by atoms with Gasteiger partial charge in [0.05, 0.1) is 0 Å². The maximum atomic E-state index is 4.37. The Balaban J connectivity index is 2.04. The molecule has 0 aliphatic heterocycles. The Labute approximate surface area is 125 Å². The number of hydrogen-bond acceptors (Lipinski definition) is 2. The van der Waals surface area contributed by atoms with E-state index < -0.39 is 0 Å². The van der Waals surface area contributed by atoms with Gasteiger partial charge in [-0.2, -0.15) is 0 Å². The molecule has 2 nitrogen and oxygen atoms in total. The molecule has 2 heteroatoms. The SMILES string of the molecule is Cc1ccc(-c2ccc(-c3cnccc3C)c(C)c2)cn1. The van der Waals surface area contributed by atoms with Gasteiger partial charge in [0.1, 0.15) is 0 Å². The quantitative estimate of drug-likeness (QED) is 0.674. The Morgan fingerprint density at radius 2 is 1.52 bits per heavy atom. The van der Waals surface area contributed by atoms with Crippen molar-refractivity contribution in [2.45, 2.75) is 20.8 Å². The Kier molecular flexibility index (Phi) is 3.53. The molecule has 0 saturated heterocycles. The third-order valence-electron chi connectivity index (χ3n) is 3.80. The minimum atomic E-state index is 1.04. The van der Waals surface area contributed by atoms with Gasteiger partial charge in [0.15, 0.2) is 0 Å². The second-order valence-corrected chi connectivity index (χ2v) is 5.41. The summed E-state index contributed by atoms with van der Waals surface area (Å²) in [7, 11) is 0. The summed E-state index contributed by atoms with van der Waals surface area (Å²) in [5.74, 6) is 0. The molecule has 104 valence electrons. The van der Waals surface area contributed by atoms with Crippen molar-refractivity contribution in [3.8, 4) is 22.3 Å². The van der Waals surface area contributed by atoms with Crippen molar-refractivity contribution < 1.29 is 0 Å². The highest BCUT2D eigenvalue weighted by atomic mass is 14.7. The van der Waals surface area contributed by atoms with E-state index in [1.807, 2.05) is 37.6 Å². The largest absolute Gasteiger partial charge is 0.264 e. The normalized spacial score (nSPS) is 10.6. The van der Waals surface area contributed by atoms with Crippen LogP contribution < -0.4 is 0 Å². The van der Waals surface area contributed by atoms with Gasteiger partial charge in [-0.15, -0.1) is 0 Å². The molecule has 0 aliphatic carbocycles. The molecule has 0 unspecified atom stereocenters. The molecule has 0 amide bonds. The molecule has 3 aromatic rings. The Bertz CT molecular complexity index is 774. The van der Waals surface area contributed by atoms with Gasteiger partial charge in [-0.3, -0.25) is 9.97 Å². The fourth-order valence-electron chi connectivity index (χ4n) is 2.53. The van der Waals surface area contributed by atoms with Gasteiger partial charge in [0.25, 0.3) is 0 Å². The third kappa shape index (κ3) is 2.70. The summed E-state index contributed by atoms with van der Waals surface area (Å²) in [5, 5.41) is 0. The van der Waals surface area contributed by atoms with E-state index in [0.29, 0.717) is 0 Å². The average molecular weight is 274 g/mol. The van der Waals surface area contributed by atoms with Crippen LogP contribution in [0.4, 0.5) is 0 Å². The summed E-state index contributed by atoms with van der Waals surface area (Å²) in [6.45, 7) is 6.27. The molecular formula is C19H18N2. The zero-order valence-corrected chi connectivity index (χ0v) is 12.6. The number of aryl methyl sites for hydroxylation is 3. The second kappa shape index (κ2) is 5.49. The van der Waals surface area contributed by atoms with E-state index in [1.54, 1.807) is 0 Å².